The fourth-order valence-corrected chi connectivity index (χ4v) is 3.12. The van der Waals surface area contributed by atoms with Gasteiger partial charge in [-0.3, -0.25) is 9.59 Å². The number of hydrogen-bond donors (Lipinski definition) is 3. The number of aromatic amines is 1. The highest BCUT2D eigenvalue weighted by molar-refractivity contribution is 6.13. The highest BCUT2D eigenvalue weighted by atomic mass is 19.1. The summed E-state index contributed by atoms with van der Waals surface area (Å²) in [6.45, 7) is 1.23. The summed E-state index contributed by atoms with van der Waals surface area (Å²) in [6, 6.07) is 7.08. The molecular formula is C20H24FN3O3. The van der Waals surface area contributed by atoms with Gasteiger partial charge in [-0.25, -0.2) is 4.39 Å². The van der Waals surface area contributed by atoms with Crippen molar-refractivity contribution >= 4 is 17.4 Å². The normalized spacial score (nSPS) is 13.3. The van der Waals surface area contributed by atoms with E-state index in [1.165, 1.54) is 0 Å². The van der Waals surface area contributed by atoms with Crippen molar-refractivity contribution in [1.82, 2.24) is 10.3 Å². The number of alkyl halides is 1. The first-order valence-electron chi connectivity index (χ1n) is 9.23. The van der Waals surface area contributed by atoms with Crippen molar-refractivity contribution in [3.8, 4) is 5.75 Å². The van der Waals surface area contributed by atoms with Gasteiger partial charge in [0.1, 0.15) is 12.4 Å². The third-order valence-corrected chi connectivity index (χ3v) is 4.47. The standard InChI is InChI=1S/C20H24FN3O3/c21-9-11-22-10-2-12-27-15-7-5-14(6-8-15)24-20(26)16-13-23-17-3-1-4-18(25)19(16)17/h5-8,13,22-23H,1-4,9-12H2,(H,24,26). The maximum atomic E-state index is 12.5. The number of benzene rings is 1. The highest BCUT2D eigenvalue weighted by Crippen LogP contribution is 2.25. The molecule has 0 fully saturated rings. The first-order valence-corrected chi connectivity index (χ1v) is 9.23. The van der Waals surface area contributed by atoms with Crippen LogP contribution in [0.1, 0.15) is 45.7 Å². The highest BCUT2D eigenvalue weighted by Gasteiger charge is 2.25. The second-order valence-electron chi connectivity index (χ2n) is 6.45. The van der Waals surface area contributed by atoms with Crippen LogP contribution in [0.15, 0.2) is 30.5 Å². The third kappa shape index (κ3) is 4.95. The van der Waals surface area contributed by atoms with Crippen LogP contribution in [0.3, 0.4) is 0 Å². The predicted molar refractivity (Wildman–Crippen MR) is 101 cm³/mol. The Balaban J connectivity index is 1.52. The minimum absolute atomic E-state index is 0.0207. The van der Waals surface area contributed by atoms with Crippen molar-refractivity contribution in [3.05, 3.63) is 47.3 Å². The van der Waals surface area contributed by atoms with Crippen LogP contribution in [-0.4, -0.2) is 43.0 Å². The summed E-state index contributed by atoms with van der Waals surface area (Å²) < 4.78 is 17.6. The van der Waals surface area contributed by atoms with Crippen LogP contribution in [0.2, 0.25) is 0 Å². The molecule has 0 spiro atoms. The van der Waals surface area contributed by atoms with E-state index >= 15 is 0 Å². The number of amides is 1. The maximum Gasteiger partial charge on any atom is 0.257 e. The van der Waals surface area contributed by atoms with Crippen LogP contribution >= 0.6 is 0 Å². The molecule has 144 valence electrons. The molecule has 7 heteroatoms. The number of carbonyl (C=O) groups excluding carboxylic acids is 2. The minimum Gasteiger partial charge on any atom is -0.494 e. The summed E-state index contributed by atoms with van der Waals surface area (Å²) in [7, 11) is 0. The number of carbonyl (C=O) groups is 2. The second-order valence-corrected chi connectivity index (χ2v) is 6.45. The van der Waals surface area contributed by atoms with Crippen molar-refractivity contribution in [1.29, 1.82) is 0 Å². The topological polar surface area (TPSA) is 83.2 Å². The number of ether oxygens (including phenoxy) is 1. The monoisotopic (exact) mass is 373 g/mol. The molecule has 1 aliphatic carbocycles. The number of fused-ring (bicyclic) bond motifs is 1. The first-order chi connectivity index (χ1) is 13.2. The molecule has 3 rings (SSSR count). The van der Waals surface area contributed by atoms with E-state index in [1.54, 1.807) is 30.5 Å². The summed E-state index contributed by atoms with van der Waals surface area (Å²) in [5, 5.41) is 5.78. The van der Waals surface area contributed by atoms with E-state index < -0.39 is 0 Å². The molecule has 6 nitrogen and oxygen atoms in total. The largest absolute Gasteiger partial charge is 0.494 e. The van der Waals surface area contributed by atoms with E-state index in [1.807, 2.05) is 0 Å². The Morgan fingerprint density at radius 1 is 1.19 bits per heavy atom. The Labute approximate surface area is 157 Å². The van der Waals surface area contributed by atoms with Gasteiger partial charge in [0.05, 0.1) is 17.7 Å². The maximum absolute atomic E-state index is 12.5. The van der Waals surface area contributed by atoms with Gasteiger partial charge in [-0.15, -0.1) is 0 Å². The molecule has 0 saturated carbocycles. The number of anilines is 1. The minimum atomic E-state index is -0.367. The van der Waals surface area contributed by atoms with Gasteiger partial charge in [0.25, 0.3) is 5.91 Å². The SMILES string of the molecule is O=C(Nc1ccc(OCCCNCCF)cc1)c1c[nH]c2c1C(=O)CCC2. The molecule has 2 aromatic rings. The molecule has 0 atom stereocenters. The molecule has 1 aromatic carbocycles. The summed E-state index contributed by atoms with van der Waals surface area (Å²) in [6.07, 6.45) is 4.49. The Morgan fingerprint density at radius 3 is 2.78 bits per heavy atom. The van der Waals surface area contributed by atoms with Gasteiger partial charge in [-0.05, 0) is 50.1 Å². The number of aromatic nitrogens is 1. The fourth-order valence-electron chi connectivity index (χ4n) is 3.12. The lowest BCUT2D eigenvalue weighted by Crippen LogP contribution is -2.19. The van der Waals surface area contributed by atoms with Gasteiger partial charge in [-0.2, -0.15) is 0 Å². The summed E-state index contributed by atoms with van der Waals surface area (Å²) in [5.41, 5.74) is 2.41. The zero-order chi connectivity index (χ0) is 19.1. The van der Waals surface area contributed by atoms with E-state index in [4.69, 9.17) is 4.74 Å². The molecule has 1 aliphatic rings. The average molecular weight is 373 g/mol. The number of aryl methyl sites for hydroxylation is 1. The third-order valence-electron chi connectivity index (χ3n) is 4.47. The lowest BCUT2D eigenvalue weighted by atomic mass is 9.93. The van der Waals surface area contributed by atoms with Crippen LogP contribution in [0.4, 0.5) is 10.1 Å². The number of halogens is 1. The van der Waals surface area contributed by atoms with E-state index in [-0.39, 0.29) is 18.4 Å². The number of H-pyrrole nitrogens is 1. The molecule has 1 aromatic heterocycles. The Hall–Kier alpha value is -2.67. The van der Waals surface area contributed by atoms with Gasteiger partial charge in [0.2, 0.25) is 0 Å². The summed E-state index contributed by atoms with van der Waals surface area (Å²) in [4.78, 5) is 27.7. The Bertz CT molecular complexity index is 786. The molecule has 0 bridgehead atoms. The molecule has 0 saturated heterocycles. The van der Waals surface area contributed by atoms with E-state index in [0.29, 0.717) is 48.7 Å². The van der Waals surface area contributed by atoms with Crippen LogP contribution in [0.5, 0.6) is 5.75 Å². The van der Waals surface area contributed by atoms with Crippen LogP contribution in [-0.2, 0) is 6.42 Å². The molecule has 1 heterocycles. The predicted octanol–water partition coefficient (Wildman–Crippen LogP) is 3.11. The van der Waals surface area contributed by atoms with Crippen molar-refractivity contribution in [2.24, 2.45) is 0 Å². The molecule has 27 heavy (non-hydrogen) atoms. The lowest BCUT2D eigenvalue weighted by Gasteiger charge is -2.12. The van der Waals surface area contributed by atoms with Crippen molar-refractivity contribution < 1.29 is 18.7 Å². The van der Waals surface area contributed by atoms with Gasteiger partial charge < -0.3 is 20.4 Å². The fraction of sp³-hybridized carbons (Fsp3) is 0.400. The average Bonchev–Trinajstić information content (AvgIpc) is 3.11. The second kappa shape index (κ2) is 9.32. The lowest BCUT2D eigenvalue weighted by molar-refractivity contribution is 0.0956. The van der Waals surface area contributed by atoms with E-state index in [2.05, 4.69) is 15.6 Å². The molecule has 0 radical (unpaired) electrons. The summed E-state index contributed by atoms with van der Waals surface area (Å²) in [5.74, 6) is 0.426. The number of ketones is 1. The van der Waals surface area contributed by atoms with E-state index in [9.17, 15) is 14.0 Å². The van der Waals surface area contributed by atoms with Crippen molar-refractivity contribution in [3.63, 3.8) is 0 Å². The smallest absolute Gasteiger partial charge is 0.257 e. The molecule has 1 amide bonds. The van der Waals surface area contributed by atoms with Crippen molar-refractivity contribution in [2.45, 2.75) is 25.7 Å². The molecule has 0 unspecified atom stereocenters. The zero-order valence-corrected chi connectivity index (χ0v) is 15.1. The Kier molecular flexibility index (Phi) is 6.59. The first kappa shape index (κ1) is 19.1. The summed E-state index contributed by atoms with van der Waals surface area (Å²) >= 11 is 0. The van der Waals surface area contributed by atoms with Gasteiger partial charge in [0, 0.05) is 30.5 Å². The van der Waals surface area contributed by atoms with Gasteiger partial charge >= 0.3 is 0 Å². The molecule has 0 aliphatic heterocycles. The van der Waals surface area contributed by atoms with Gasteiger partial charge in [-0.1, -0.05) is 0 Å². The van der Waals surface area contributed by atoms with Crippen LogP contribution < -0.4 is 15.4 Å². The molecular weight excluding hydrogens is 349 g/mol. The van der Waals surface area contributed by atoms with Crippen LogP contribution in [0.25, 0.3) is 0 Å². The van der Waals surface area contributed by atoms with Gasteiger partial charge in [0.15, 0.2) is 5.78 Å². The Morgan fingerprint density at radius 2 is 2.00 bits per heavy atom. The quantitative estimate of drug-likeness (QED) is 0.590. The number of nitrogens with one attached hydrogen (secondary N) is 3. The van der Waals surface area contributed by atoms with E-state index in [0.717, 1.165) is 25.0 Å². The number of rotatable bonds is 9. The number of hydrogen-bond acceptors (Lipinski definition) is 4. The zero-order valence-electron chi connectivity index (χ0n) is 15.1. The molecule has 3 N–H and O–H groups in total. The van der Waals surface area contributed by atoms with Crippen molar-refractivity contribution in [2.75, 3.05) is 31.7 Å². The van der Waals surface area contributed by atoms with Crippen LogP contribution in [0, 0.1) is 0 Å². The number of Topliss-reactive ketones (excluding diaryl/α,β-unsaturated/α-hetero) is 1.